The highest BCUT2D eigenvalue weighted by atomic mass is 16.4. The molecule has 22 heavy (non-hydrogen) atoms. The minimum atomic E-state index is -1.06. The average Bonchev–Trinajstić information content (AvgIpc) is 2.55. The summed E-state index contributed by atoms with van der Waals surface area (Å²) in [4.78, 5) is 25.1. The Morgan fingerprint density at radius 3 is 2.05 bits per heavy atom. The van der Waals surface area contributed by atoms with Crippen molar-refractivity contribution >= 4 is 17.6 Å². The summed E-state index contributed by atoms with van der Waals surface area (Å²) in [6.07, 6.45) is 0.219. The van der Waals surface area contributed by atoms with Crippen molar-refractivity contribution in [3.05, 3.63) is 66.2 Å². The van der Waals surface area contributed by atoms with Crippen LogP contribution in [0.15, 0.2) is 60.7 Å². The van der Waals surface area contributed by atoms with Crippen molar-refractivity contribution < 1.29 is 14.7 Å². The molecule has 0 saturated carbocycles. The molecule has 5 heteroatoms. The van der Waals surface area contributed by atoms with E-state index < -0.39 is 17.9 Å². The third-order valence-electron chi connectivity index (χ3n) is 3.35. The van der Waals surface area contributed by atoms with Crippen LogP contribution < -0.4 is 10.6 Å². The summed E-state index contributed by atoms with van der Waals surface area (Å²) in [6.45, 7) is -0.243. The Morgan fingerprint density at radius 1 is 1.00 bits per heavy atom. The molecule has 0 fully saturated rings. The Kier molecular flexibility index (Phi) is 5.27. The molecule has 2 aromatic carbocycles. The molecule has 0 bridgehead atoms. The van der Waals surface area contributed by atoms with Crippen LogP contribution in [0.25, 0.3) is 0 Å². The molecule has 2 rings (SSSR count). The van der Waals surface area contributed by atoms with Crippen LogP contribution in [-0.2, 0) is 16.0 Å². The third kappa shape index (κ3) is 3.71. The van der Waals surface area contributed by atoms with E-state index in [1.54, 1.807) is 24.3 Å². The maximum Gasteiger partial charge on any atom is 0.327 e. The Balaban J connectivity index is 2.37. The fourth-order valence-electron chi connectivity index (χ4n) is 2.31. The van der Waals surface area contributed by atoms with E-state index in [9.17, 15) is 14.7 Å². The third-order valence-corrected chi connectivity index (χ3v) is 3.35. The Morgan fingerprint density at radius 2 is 1.55 bits per heavy atom. The Labute approximate surface area is 129 Å². The Bertz CT molecular complexity index is 629. The summed E-state index contributed by atoms with van der Waals surface area (Å²) in [6, 6.07) is 16.9. The van der Waals surface area contributed by atoms with Crippen molar-refractivity contribution in [2.75, 3.05) is 11.4 Å². The molecule has 0 unspecified atom stereocenters. The van der Waals surface area contributed by atoms with Gasteiger partial charge in [0.1, 0.15) is 6.04 Å². The number of carbonyl (C=O) groups excluding carboxylic acids is 1. The molecule has 0 aromatic heterocycles. The highest BCUT2D eigenvalue weighted by molar-refractivity contribution is 6.00. The minimum Gasteiger partial charge on any atom is -0.480 e. The van der Waals surface area contributed by atoms with E-state index in [-0.39, 0.29) is 13.0 Å². The number of hydrogen-bond acceptors (Lipinski definition) is 3. The van der Waals surface area contributed by atoms with Gasteiger partial charge in [0.2, 0.25) is 5.91 Å². The van der Waals surface area contributed by atoms with Crippen molar-refractivity contribution in [2.24, 2.45) is 5.73 Å². The van der Waals surface area contributed by atoms with Gasteiger partial charge in [-0.25, -0.2) is 4.79 Å². The standard InChI is InChI=1S/C17H18N2O3/c18-12-16(20)19(14-9-5-2-6-10-14)15(17(21)22)11-13-7-3-1-4-8-13/h1-10,15H,11-12,18H2,(H,21,22)/t15-/m0/s1. The molecular formula is C17H18N2O3. The highest BCUT2D eigenvalue weighted by Gasteiger charge is 2.30. The average molecular weight is 298 g/mol. The number of rotatable bonds is 6. The van der Waals surface area contributed by atoms with Gasteiger partial charge in [0.15, 0.2) is 0 Å². The topological polar surface area (TPSA) is 83.6 Å². The quantitative estimate of drug-likeness (QED) is 0.849. The highest BCUT2D eigenvalue weighted by Crippen LogP contribution is 2.19. The van der Waals surface area contributed by atoms with Crippen molar-refractivity contribution in [1.29, 1.82) is 0 Å². The van der Waals surface area contributed by atoms with Crippen LogP contribution in [0, 0.1) is 0 Å². The van der Waals surface area contributed by atoms with E-state index in [0.717, 1.165) is 5.56 Å². The van der Waals surface area contributed by atoms with Gasteiger partial charge in [-0.05, 0) is 17.7 Å². The summed E-state index contributed by atoms with van der Waals surface area (Å²) >= 11 is 0. The number of nitrogens with two attached hydrogens (primary N) is 1. The molecule has 0 heterocycles. The summed E-state index contributed by atoms with van der Waals surface area (Å²) in [5.41, 5.74) is 6.83. The number of carbonyl (C=O) groups is 2. The zero-order chi connectivity index (χ0) is 15.9. The lowest BCUT2D eigenvalue weighted by Crippen LogP contribution is -2.49. The van der Waals surface area contributed by atoms with E-state index in [1.807, 2.05) is 36.4 Å². The summed E-state index contributed by atoms with van der Waals surface area (Å²) in [7, 11) is 0. The number of hydrogen-bond donors (Lipinski definition) is 2. The van der Waals surface area contributed by atoms with E-state index >= 15 is 0 Å². The summed E-state index contributed by atoms with van der Waals surface area (Å²) in [5, 5.41) is 9.58. The second kappa shape index (κ2) is 7.38. The number of carboxylic acid groups (broad SMARTS) is 1. The first kappa shape index (κ1) is 15.7. The molecule has 1 amide bonds. The van der Waals surface area contributed by atoms with Gasteiger partial charge in [-0.2, -0.15) is 0 Å². The van der Waals surface area contributed by atoms with Crippen molar-refractivity contribution in [1.82, 2.24) is 0 Å². The van der Waals surface area contributed by atoms with Crippen molar-refractivity contribution in [3.63, 3.8) is 0 Å². The van der Waals surface area contributed by atoms with Crippen LogP contribution >= 0.6 is 0 Å². The monoisotopic (exact) mass is 298 g/mol. The van der Waals surface area contributed by atoms with Gasteiger partial charge in [0, 0.05) is 12.1 Å². The molecule has 0 aliphatic carbocycles. The number of amides is 1. The number of nitrogens with zero attached hydrogens (tertiary/aromatic N) is 1. The lowest BCUT2D eigenvalue weighted by Gasteiger charge is -2.29. The first-order valence-electron chi connectivity index (χ1n) is 6.97. The number of benzene rings is 2. The zero-order valence-corrected chi connectivity index (χ0v) is 12.1. The summed E-state index contributed by atoms with van der Waals surface area (Å²) < 4.78 is 0. The lowest BCUT2D eigenvalue weighted by molar-refractivity contribution is -0.140. The predicted molar refractivity (Wildman–Crippen MR) is 84.6 cm³/mol. The van der Waals surface area contributed by atoms with Gasteiger partial charge in [-0.15, -0.1) is 0 Å². The molecule has 0 saturated heterocycles. The first-order valence-corrected chi connectivity index (χ1v) is 6.97. The van der Waals surface area contributed by atoms with E-state index in [0.29, 0.717) is 5.69 Å². The lowest BCUT2D eigenvalue weighted by atomic mass is 10.0. The summed E-state index contributed by atoms with van der Waals surface area (Å²) in [5.74, 6) is -1.48. The Hall–Kier alpha value is -2.66. The first-order chi connectivity index (χ1) is 10.6. The molecule has 114 valence electrons. The fourth-order valence-corrected chi connectivity index (χ4v) is 2.31. The van der Waals surface area contributed by atoms with Crippen molar-refractivity contribution in [3.8, 4) is 0 Å². The number of anilines is 1. The maximum atomic E-state index is 12.2. The van der Waals surface area contributed by atoms with Crippen LogP contribution in [0.2, 0.25) is 0 Å². The molecule has 3 N–H and O–H groups in total. The van der Waals surface area contributed by atoms with Gasteiger partial charge >= 0.3 is 5.97 Å². The van der Waals surface area contributed by atoms with Gasteiger partial charge in [0.25, 0.3) is 0 Å². The second-order valence-electron chi connectivity index (χ2n) is 4.85. The SMILES string of the molecule is NCC(=O)N(c1ccccc1)[C@@H](Cc1ccccc1)C(=O)O. The normalized spacial score (nSPS) is 11.7. The number of carboxylic acids is 1. The van der Waals surface area contributed by atoms with Crippen LogP contribution in [0.4, 0.5) is 5.69 Å². The molecule has 0 spiro atoms. The molecule has 2 aromatic rings. The van der Waals surface area contributed by atoms with Gasteiger partial charge < -0.3 is 10.8 Å². The maximum absolute atomic E-state index is 12.2. The van der Waals surface area contributed by atoms with Crippen LogP contribution in [0.1, 0.15) is 5.56 Å². The molecule has 0 aliphatic heterocycles. The van der Waals surface area contributed by atoms with Gasteiger partial charge in [-0.3, -0.25) is 9.69 Å². The molecule has 5 nitrogen and oxygen atoms in total. The van der Waals surface area contributed by atoms with E-state index in [1.165, 1.54) is 4.90 Å². The number of para-hydroxylation sites is 1. The minimum absolute atomic E-state index is 0.219. The van der Waals surface area contributed by atoms with Crippen LogP contribution in [0.3, 0.4) is 0 Å². The van der Waals surface area contributed by atoms with Crippen molar-refractivity contribution in [2.45, 2.75) is 12.5 Å². The zero-order valence-electron chi connectivity index (χ0n) is 12.1. The smallest absolute Gasteiger partial charge is 0.327 e. The van der Waals surface area contributed by atoms with E-state index in [4.69, 9.17) is 5.73 Å². The van der Waals surface area contributed by atoms with Gasteiger partial charge in [-0.1, -0.05) is 48.5 Å². The molecule has 1 atom stereocenters. The van der Waals surface area contributed by atoms with Crippen LogP contribution in [0.5, 0.6) is 0 Å². The number of aliphatic carboxylic acids is 1. The molecule has 0 radical (unpaired) electrons. The largest absolute Gasteiger partial charge is 0.480 e. The molecule has 0 aliphatic rings. The van der Waals surface area contributed by atoms with Gasteiger partial charge in [0.05, 0.1) is 6.54 Å². The molecular weight excluding hydrogens is 280 g/mol. The predicted octanol–water partition coefficient (Wildman–Crippen LogP) is 1.67. The van der Waals surface area contributed by atoms with E-state index in [2.05, 4.69) is 0 Å². The second-order valence-corrected chi connectivity index (χ2v) is 4.85. The van der Waals surface area contributed by atoms with Crippen LogP contribution in [-0.4, -0.2) is 29.6 Å². The fraction of sp³-hybridized carbons (Fsp3) is 0.176.